The summed E-state index contributed by atoms with van der Waals surface area (Å²) in [6, 6.07) is 10.0. The predicted octanol–water partition coefficient (Wildman–Crippen LogP) is 2.98. The first-order valence-electron chi connectivity index (χ1n) is 8.74. The maximum atomic E-state index is 9.33. The third kappa shape index (κ3) is 4.26. The first-order valence-corrected chi connectivity index (χ1v) is 8.74. The summed E-state index contributed by atoms with van der Waals surface area (Å²) in [6.07, 6.45) is 2.23. The molecule has 1 heterocycles. The Morgan fingerprint density at radius 3 is 2.21 bits per heavy atom. The third-order valence-electron chi connectivity index (χ3n) is 4.90. The van der Waals surface area contributed by atoms with Gasteiger partial charge < -0.3 is 10.1 Å². The first-order chi connectivity index (χ1) is 11.7. The molecule has 5 heteroatoms. The molecular weight excluding hydrogens is 300 g/mol. The SMILES string of the molecule is CCC(CC)C(CNc1c(C#N)cccc1C#N)N1CCOCC1. The van der Waals surface area contributed by atoms with Gasteiger partial charge in [-0.2, -0.15) is 10.5 Å². The zero-order valence-corrected chi connectivity index (χ0v) is 14.6. The lowest BCUT2D eigenvalue weighted by molar-refractivity contribution is 0.00489. The van der Waals surface area contributed by atoms with E-state index >= 15 is 0 Å². The number of ether oxygens (including phenoxy) is 1. The van der Waals surface area contributed by atoms with Crippen molar-refractivity contribution in [2.45, 2.75) is 32.7 Å². The van der Waals surface area contributed by atoms with E-state index in [1.165, 1.54) is 0 Å². The average Bonchev–Trinajstić information content (AvgIpc) is 2.65. The molecule has 24 heavy (non-hydrogen) atoms. The fourth-order valence-corrected chi connectivity index (χ4v) is 3.47. The van der Waals surface area contributed by atoms with Crippen LogP contribution in [0.1, 0.15) is 37.8 Å². The van der Waals surface area contributed by atoms with Gasteiger partial charge >= 0.3 is 0 Å². The number of nitrogens with zero attached hydrogens (tertiary/aromatic N) is 3. The van der Waals surface area contributed by atoms with E-state index in [0.717, 1.165) is 45.7 Å². The number of hydrogen-bond donors (Lipinski definition) is 1. The first kappa shape index (κ1) is 18.3. The highest BCUT2D eigenvalue weighted by Crippen LogP contribution is 2.24. The molecule has 0 aliphatic carbocycles. The number of nitrogens with one attached hydrogen (secondary N) is 1. The van der Waals surface area contributed by atoms with E-state index in [0.29, 0.717) is 28.8 Å². The molecule has 1 unspecified atom stereocenters. The minimum atomic E-state index is 0.377. The third-order valence-corrected chi connectivity index (χ3v) is 4.90. The molecule has 5 nitrogen and oxygen atoms in total. The Bertz CT molecular complexity index is 575. The van der Waals surface area contributed by atoms with Crippen LogP contribution >= 0.6 is 0 Å². The highest BCUT2D eigenvalue weighted by atomic mass is 16.5. The summed E-state index contributed by atoms with van der Waals surface area (Å²) < 4.78 is 5.48. The van der Waals surface area contributed by atoms with Crippen molar-refractivity contribution >= 4 is 5.69 Å². The summed E-state index contributed by atoms with van der Waals surface area (Å²) in [6.45, 7) is 8.61. The van der Waals surface area contributed by atoms with Crippen molar-refractivity contribution < 1.29 is 4.74 Å². The fraction of sp³-hybridized carbons (Fsp3) is 0.579. The zero-order valence-electron chi connectivity index (χ0n) is 14.6. The van der Waals surface area contributed by atoms with Crippen LogP contribution in [0, 0.1) is 28.6 Å². The van der Waals surface area contributed by atoms with Crippen molar-refractivity contribution in [1.82, 2.24) is 4.90 Å². The molecule has 0 bridgehead atoms. The molecule has 0 spiro atoms. The maximum Gasteiger partial charge on any atom is 0.101 e. The van der Waals surface area contributed by atoms with Crippen LogP contribution in [0.15, 0.2) is 18.2 Å². The molecule has 1 aromatic carbocycles. The predicted molar refractivity (Wildman–Crippen MR) is 94.6 cm³/mol. The lowest BCUT2D eigenvalue weighted by Gasteiger charge is -2.39. The molecule has 1 fully saturated rings. The van der Waals surface area contributed by atoms with Gasteiger partial charge in [0, 0.05) is 25.7 Å². The number of para-hydroxylation sites is 1. The van der Waals surface area contributed by atoms with Gasteiger partial charge in [0.25, 0.3) is 0 Å². The van der Waals surface area contributed by atoms with E-state index in [4.69, 9.17) is 4.74 Å². The molecule has 1 N–H and O–H groups in total. The monoisotopic (exact) mass is 326 g/mol. The van der Waals surface area contributed by atoms with Crippen LogP contribution in [0.25, 0.3) is 0 Å². The summed E-state index contributed by atoms with van der Waals surface area (Å²) in [4.78, 5) is 2.48. The minimum absolute atomic E-state index is 0.377. The summed E-state index contributed by atoms with van der Waals surface area (Å²) in [7, 11) is 0. The van der Waals surface area contributed by atoms with Crippen molar-refractivity contribution in [3.8, 4) is 12.1 Å². The zero-order chi connectivity index (χ0) is 17.4. The van der Waals surface area contributed by atoms with E-state index in [2.05, 4.69) is 36.2 Å². The van der Waals surface area contributed by atoms with E-state index in [9.17, 15) is 10.5 Å². The van der Waals surface area contributed by atoms with Crippen LogP contribution in [0.5, 0.6) is 0 Å². The highest BCUT2D eigenvalue weighted by molar-refractivity contribution is 5.66. The van der Waals surface area contributed by atoms with E-state index in [1.54, 1.807) is 18.2 Å². The van der Waals surface area contributed by atoms with Gasteiger partial charge in [-0.1, -0.05) is 32.8 Å². The molecule has 1 aromatic rings. The quantitative estimate of drug-likeness (QED) is 0.834. The molecule has 1 saturated heterocycles. The number of nitriles is 2. The van der Waals surface area contributed by atoms with E-state index < -0.39 is 0 Å². The van der Waals surface area contributed by atoms with Gasteiger partial charge in [-0.05, 0) is 18.1 Å². The summed E-state index contributed by atoms with van der Waals surface area (Å²) in [5.41, 5.74) is 1.71. The molecule has 2 rings (SSSR count). The molecule has 1 atom stereocenters. The van der Waals surface area contributed by atoms with Crippen LogP contribution < -0.4 is 5.32 Å². The van der Waals surface area contributed by atoms with Gasteiger partial charge in [0.05, 0.1) is 30.0 Å². The molecule has 0 saturated carbocycles. The number of morpholine rings is 1. The van der Waals surface area contributed by atoms with Gasteiger partial charge in [0.1, 0.15) is 12.1 Å². The number of hydrogen-bond acceptors (Lipinski definition) is 5. The van der Waals surface area contributed by atoms with Crippen molar-refractivity contribution in [1.29, 1.82) is 10.5 Å². The van der Waals surface area contributed by atoms with Crippen LogP contribution in [0.4, 0.5) is 5.69 Å². The molecule has 1 aliphatic rings. The minimum Gasteiger partial charge on any atom is -0.381 e. The normalized spacial score (nSPS) is 16.4. The Balaban J connectivity index is 2.19. The van der Waals surface area contributed by atoms with Crippen molar-refractivity contribution in [3.05, 3.63) is 29.3 Å². The van der Waals surface area contributed by atoms with Gasteiger partial charge in [-0.15, -0.1) is 0 Å². The van der Waals surface area contributed by atoms with Crippen LogP contribution in [0.2, 0.25) is 0 Å². The van der Waals surface area contributed by atoms with Gasteiger partial charge in [-0.3, -0.25) is 4.90 Å². The Kier molecular flexibility index (Phi) is 7.06. The Morgan fingerprint density at radius 2 is 1.71 bits per heavy atom. The van der Waals surface area contributed by atoms with E-state index in [-0.39, 0.29) is 0 Å². The van der Waals surface area contributed by atoms with Crippen LogP contribution in [-0.4, -0.2) is 43.8 Å². The topological polar surface area (TPSA) is 72.1 Å². The Hall–Kier alpha value is -2.08. The van der Waals surface area contributed by atoms with Crippen LogP contribution in [0.3, 0.4) is 0 Å². The number of anilines is 1. The van der Waals surface area contributed by atoms with Crippen molar-refractivity contribution in [3.63, 3.8) is 0 Å². The van der Waals surface area contributed by atoms with Gasteiger partial charge in [0.15, 0.2) is 0 Å². The molecular formula is C19H26N4O. The average molecular weight is 326 g/mol. The van der Waals surface area contributed by atoms with Crippen LogP contribution in [-0.2, 0) is 4.74 Å². The number of rotatable bonds is 7. The molecule has 0 radical (unpaired) electrons. The highest BCUT2D eigenvalue weighted by Gasteiger charge is 2.27. The molecule has 128 valence electrons. The van der Waals surface area contributed by atoms with Crippen molar-refractivity contribution in [2.75, 3.05) is 38.2 Å². The summed E-state index contributed by atoms with van der Waals surface area (Å²) >= 11 is 0. The maximum absolute atomic E-state index is 9.33. The molecule has 0 aromatic heterocycles. The largest absolute Gasteiger partial charge is 0.381 e. The lowest BCUT2D eigenvalue weighted by Crippen LogP contribution is -2.50. The number of benzene rings is 1. The lowest BCUT2D eigenvalue weighted by atomic mass is 9.92. The van der Waals surface area contributed by atoms with Gasteiger partial charge in [-0.25, -0.2) is 0 Å². The second-order valence-corrected chi connectivity index (χ2v) is 6.12. The van der Waals surface area contributed by atoms with Crippen molar-refractivity contribution in [2.24, 2.45) is 5.92 Å². The molecule has 0 amide bonds. The second kappa shape index (κ2) is 9.27. The second-order valence-electron chi connectivity index (χ2n) is 6.12. The summed E-state index contributed by atoms with van der Waals surface area (Å²) in [5, 5.41) is 22.1. The fourth-order valence-electron chi connectivity index (χ4n) is 3.47. The summed E-state index contributed by atoms with van der Waals surface area (Å²) in [5.74, 6) is 0.579. The smallest absolute Gasteiger partial charge is 0.101 e. The standard InChI is InChI=1S/C19H26N4O/c1-3-15(4-2)18(23-8-10-24-11-9-23)14-22-19-16(12-20)6-5-7-17(19)13-21/h5-7,15,18,22H,3-4,8-11,14H2,1-2H3. The Labute approximate surface area is 144 Å². The molecule has 1 aliphatic heterocycles. The Morgan fingerprint density at radius 1 is 1.12 bits per heavy atom. The van der Waals surface area contributed by atoms with E-state index in [1.807, 2.05) is 0 Å². The van der Waals surface area contributed by atoms with Gasteiger partial charge in [0.2, 0.25) is 0 Å².